The first kappa shape index (κ1) is 15.4. The summed E-state index contributed by atoms with van der Waals surface area (Å²) >= 11 is 3.29. The molecule has 0 saturated carbocycles. The van der Waals surface area contributed by atoms with Gasteiger partial charge in [-0.3, -0.25) is 0 Å². The Morgan fingerprint density at radius 2 is 2.00 bits per heavy atom. The normalized spacial score (nSPS) is 13.5. The van der Waals surface area contributed by atoms with Gasteiger partial charge in [0.1, 0.15) is 0 Å². The monoisotopic (exact) mass is 318 g/mol. The Balaban J connectivity index is 3.18. The fourth-order valence-electron chi connectivity index (χ4n) is 1.56. The Labute approximate surface area is 116 Å². The lowest BCUT2D eigenvalue weighted by Crippen LogP contribution is -2.20. The maximum Gasteiger partial charge on any atom is 0.171 e. The summed E-state index contributed by atoms with van der Waals surface area (Å²) in [6.45, 7) is 8.01. The van der Waals surface area contributed by atoms with E-state index < -0.39 is 17.3 Å². The summed E-state index contributed by atoms with van der Waals surface area (Å²) in [6, 6.07) is 3.28. The van der Waals surface area contributed by atoms with Crippen LogP contribution in [0.2, 0.25) is 0 Å². The van der Waals surface area contributed by atoms with Gasteiger partial charge in [0, 0.05) is 10.0 Å². The minimum Gasteiger partial charge on any atom is -0.491 e. The Kier molecular flexibility index (Phi) is 5.17. The molecule has 0 bridgehead atoms. The molecule has 0 aliphatic carbocycles. The second kappa shape index (κ2) is 6.02. The number of ether oxygens (including phenoxy) is 1. The molecule has 102 valence electrons. The standard InChI is InChI=1S/C14H20BrFO2/c1-5-8-18-10-7-6-9(15)11(12(10)16)13(17)14(2,3)4/h6-7,13,17H,5,8H2,1-4H3. The van der Waals surface area contributed by atoms with Gasteiger partial charge in [-0.05, 0) is 24.0 Å². The van der Waals surface area contributed by atoms with E-state index in [4.69, 9.17) is 4.74 Å². The van der Waals surface area contributed by atoms with Crippen LogP contribution in [0.25, 0.3) is 0 Å². The van der Waals surface area contributed by atoms with E-state index in [2.05, 4.69) is 15.9 Å². The highest BCUT2D eigenvalue weighted by Crippen LogP contribution is 2.40. The van der Waals surface area contributed by atoms with E-state index in [0.29, 0.717) is 11.1 Å². The van der Waals surface area contributed by atoms with Crippen LogP contribution in [-0.4, -0.2) is 11.7 Å². The first-order valence-electron chi connectivity index (χ1n) is 6.07. The number of aliphatic hydroxyl groups excluding tert-OH is 1. The van der Waals surface area contributed by atoms with E-state index in [-0.39, 0.29) is 11.3 Å². The van der Waals surface area contributed by atoms with E-state index in [0.717, 1.165) is 6.42 Å². The summed E-state index contributed by atoms with van der Waals surface area (Å²) in [7, 11) is 0. The van der Waals surface area contributed by atoms with Crippen molar-refractivity contribution in [1.29, 1.82) is 0 Å². The Bertz CT molecular complexity index is 413. The van der Waals surface area contributed by atoms with Gasteiger partial charge in [0.2, 0.25) is 0 Å². The van der Waals surface area contributed by atoms with Gasteiger partial charge in [0.05, 0.1) is 12.7 Å². The van der Waals surface area contributed by atoms with Crippen molar-refractivity contribution in [2.75, 3.05) is 6.61 Å². The third kappa shape index (κ3) is 3.45. The second-order valence-electron chi connectivity index (χ2n) is 5.39. The highest BCUT2D eigenvalue weighted by molar-refractivity contribution is 9.10. The molecule has 0 aromatic heterocycles. The summed E-state index contributed by atoms with van der Waals surface area (Å²) in [4.78, 5) is 0. The van der Waals surface area contributed by atoms with Gasteiger partial charge in [-0.15, -0.1) is 0 Å². The first-order valence-corrected chi connectivity index (χ1v) is 6.87. The van der Waals surface area contributed by atoms with E-state index in [1.807, 2.05) is 27.7 Å². The molecule has 1 rings (SSSR count). The molecule has 0 heterocycles. The van der Waals surface area contributed by atoms with Crippen LogP contribution < -0.4 is 4.74 Å². The fourth-order valence-corrected chi connectivity index (χ4v) is 2.08. The van der Waals surface area contributed by atoms with Crippen molar-refractivity contribution in [3.63, 3.8) is 0 Å². The molecular weight excluding hydrogens is 299 g/mol. The van der Waals surface area contributed by atoms with E-state index >= 15 is 0 Å². The molecule has 4 heteroatoms. The second-order valence-corrected chi connectivity index (χ2v) is 6.24. The molecule has 0 aliphatic rings. The lowest BCUT2D eigenvalue weighted by molar-refractivity contribution is 0.0582. The molecule has 1 atom stereocenters. The van der Waals surface area contributed by atoms with Gasteiger partial charge in [-0.2, -0.15) is 0 Å². The van der Waals surface area contributed by atoms with Crippen LogP contribution in [0.3, 0.4) is 0 Å². The molecule has 0 saturated heterocycles. The number of aliphatic hydroxyl groups is 1. The van der Waals surface area contributed by atoms with Crippen molar-refractivity contribution in [1.82, 2.24) is 0 Å². The quantitative estimate of drug-likeness (QED) is 0.888. The highest BCUT2D eigenvalue weighted by Gasteiger charge is 2.29. The van der Waals surface area contributed by atoms with Crippen LogP contribution in [0.1, 0.15) is 45.8 Å². The molecule has 1 N–H and O–H groups in total. The molecule has 0 aliphatic heterocycles. The summed E-state index contributed by atoms with van der Waals surface area (Å²) < 4.78 is 20.2. The Morgan fingerprint density at radius 3 is 2.50 bits per heavy atom. The van der Waals surface area contributed by atoms with E-state index in [1.54, 1.807) is 12.1 Å². The highest BCUT2D eigenvalue weighted by atomic mass is 79.9. The van der Waals surface area contributed by atoms with Crippen molar-refractivity contribution in [2.45, 2.75) is 40.2 Å². The molecular formula is C14H20BrFO2. The fraction of sp³-hybridized carbons (Fsp3) is 0.571. The molecule has 0 fully saturated rings. The third-order valence-electron chi connectivity index (χ3n) is 2.65. The summed E-state index contributed by atoms with van der Waals surface area (Å²) in [6.07, 6.45) is -0.0795. The molecule has 0 amide bonds. The maximum atomic E-state index is 14.3. The largest absolute Gasteiger partial charge is 0.491 e. The molecule has 0 spiro atoms. The summed E-state index contributed by atoms with van der Waals surface area (Å²) in [5, 5.41) is 10.2. The number of halogens is 2. The predicted octanol–water partition coefficient (Wildman–Crippen LogP) is 4.46. The topological polar surface area (TPSA) is 29.5 Å². The SMILES string of the molecule is CCCOc1ccc(Br)c(C(O)C(C)(C)C)c1F. The zero-order valence-corrected chi connectivity index (χ0v) is 12.8. The van der Waals surface area contributed by atoms with E-state index in [1.165, 1.54) is 0 Å². The minimum atomic E-state index is -0.892. The van der Waals surface area contributed by atoms with Crippen molar-refractivity contribution in [3.05, 3.63) is 28.0 Å². The maximum absolute atomic E-state index is 14.3. The van der Waals surface area contributed by atoms with E-state index in [9.17, 15) is 9.50 Å². The number of hydrogen-bond donors (Lipinski definition) is 1. The lowest BCUT2D eigenvalue weighted by atomic mass is 9.84. The van der Waals surface area contributed by atoms with Gasteiger partial charge in [-0.25, -0.2) is 4.39 Å². The van der Waals surface area contributed by atoms with Crippen LogP contribution in [0.5, 0.6) is 5.75 Å². The van der Waals surface area contributed by atoms with Crippen molar-refractivity contribution >= 4 is 15.9 Å². The zero-order valence-electron chi connectivity index (χ0n) is 11.3. The van der Waals surface area contributed by atoms with Gasteiger partial charge in [0.25, 0.3) is 0 Å². The first-order chi connectivity index (χ1) is 8.29. The molecule has 0 radical (unpaired) electrons. The molecule has 2 nitrogen and oxygen atoms in total. The van der Waals surface area contributed by atoms with Crippen molar-refractivity contribution < 1.29 is 14.2 Å². The van der Waals surface area contributed by atoms with Gasteiger partial charge < -0.3 is 9.84 Å². The van der Waals surface area contributed by atoms with Gasteiger partial charge in [0.15, 0.2) is 11.6 Å². The third-order valence-corrected chi connectivity index (χ3v) is 3.34. The van der Waals surface area contributed by atoms with Crippen LogP contribution in [0.4, 0.5) is 4.39 Å². The van der Waals surface area contributed by atoms with Crippen LogP contribution in [0, 0.1) is 11.2 Å². The molecule has 18 heavy (non-hydrogen) atoms. The molecule has 1 aromatic carbocycles. The van der Waals surface area contributed by atoms with Crippen LogP contribution in [0.15, 0.2) is 16.6 Å². The summed E-state index contributed by atoms with van der Waals surface area (Å²) in [5.41, 5.74) is -0.177. The average molecular weight is 319 g/mol. The Hall–Kier alpha value is -0.610. The number of hydrogen-bond acceptors (Lipinski definition) is 2. The molecule has 1 aromatic rings. The predicted molar refractivity (Wildman–Crippen MR) is 74.3 cm³/mol. The smallest absolute Gasteiger partial charge is 0.171 e. The van der Waals surface area contributed by atoms with Crippen molar-refractivity contribution in [2.24, 2.45) is 5.41 Å². The van der Waals surface area contributed by atoms with Gasteiger partial charge in [-0.1, -0.05) is 43.6 Å². The number of benzene rings is 1. The van der Waals surface area contributed by atoms with Crippen LogP contribution in [-0.2, 0) is 0 Å². The lowest BCUT2D eigenvalue weighted by Gasteiger charge is -2.27. The van der Waals surface area contributed by atoms with Crippen LogP contribution >= 0.6 is 15.9 Å². The Morgan fingerprint density at radius 1 is 1.39 bits per heavy atom. The zero-order chi connectivity index (χ0) is 13.9. The molecule has 1 unspecified atom stereocenters. The minimum absolute atomic E-state index is 0.193. The van der Waals surface area contributed by atoms with Crippen molar-refractivity contribution in [3.8, 4) is 5.75 Å². The van der Waals surface area contributed by atoms with Gasteiger partial charge >= 0.3 is 0 Å². The number of rotatable bonds is 4. The summed E-state index contributed by atoms with van der Waals surface area (Å²) in [5.74, 6) is -0.293. The average Bonchev–Trinajstić information content (AvgIpc) is 2.27.